The summed E-state index contributed by atoms with van der Waals surface area (Å²) in [5, 5.41) is 0. The van der Waals surface area contributed by atoms with Gasteiger partial charge in [-0.1, -0.05) is 6.58 Å². The van der Waals surface area contributed by atoms with Crippen molar-refractivity contribution in [3.63, 3.8) is 0 Å². The fourth-order valence-corrected chi connectivity index (χ4v) is 1.44. The maximum atomic E-state index is 10.7. The summed E-state index contributed by atoms with van der Waals surface area (Å²) in [4.78, 5) is 10.7. The van der Waals surface area contributed by atoms with Gasteiger partial charge in [0.05, 0.1) is 20.2 Å². The highest BCUT2D eigenvalue weighted by Gasteiger charge is 2.00. The fraction of sp³-hybridized carbons (Fsp3) is 0.500. The molecular formula is C12H19N2O2+. The molecule has 1 aromatic rings. The lowest BCUT2D eigenvalue weighted by Crippen LogP contribution is -2.23. The van der Waals surface area contributed by atoms with Crippen LogP contribution in [0.4, 0.5) is 0 Å². The topological polar surface area (TPSA) is 35.1 Å². The zero-order chi connectivity index (χ0) is 11.8. The molecule has 0 amide bonds. The number of hydrogen-bond acceptors (Lipinski definition) is 2. The van der Waals surface area contributed by atoms with E-state index in [1.807, 2.05) is 17.8 Å². The normalized spacial score (nSPS) is 10.1. The molecule has 0 fully saturated rings. The number of nitrogens with zero attached hydrogens (tertiary/aromatic N) is 2. The second-order valence-corrected chi connectivity index (χ2v) is 3.75. The van der Waals surface area contributed by atoms with E-state index >= 15 is 0 Å². The van der Waals surface area contributed by atoms with Crippen LogP contribution in [0, 0.1) is 0 Å². The third-order valence-electron chi connectivity index (χ3n) is 2.30. The molecule has 0 aliphatic rings. The number of carbonyl (C=O) groups excluding carboxylic acids is 1. The number of rotatable bonds is 7. The molecular weight excluding hydrogens is 204 g/mol. The van der Waals surface area contributed by atoms with Crippen molar-refractivity contribution in [2.45, 2.75) is 25.8 Å². The highest BCUT2D eigenvalue weighted by Crippen LogP contribution is 1.99. The van der Waals surface area contributed by atoms with E-state index in [0.717, 1.165) is 25.8 Å². The largest absolute Gasteiger partial charge is 0.463 e. The van der Waals surface area contributed by atoms with Gasteiger partial charge in [0, 0.05) is 6.08 Å². The smallest absolute Gasteiger partial charge is 0.330 e. The van der Waals surface area contributed by atoms with Crippen LogP contribution in [-0.4, -0.2) is 17.1 Å². The van der Waals surface area contributed by atoms with Crippen molar-refractivity contribution in [2.75, 3.05) is 6.61 Å². The molecule has 0 unspecified atom stereocenters. The summed E-state index contributed by atoms with van der Waals surface area (Å²) in [6.07, 6.45) is 10.4. The van der Waals surface area contributed by atoms with Gasteiger partial charge in [0.15, 0.2) is 0 Å². The summed E-state index contributed by atoms with van der Waals surface area (Å²) in [5.74, 6) is -0.336. The van der Waals surface area contributed by atoms with Crippen LogP contribution in [-0.2, 0) is 23.1 Å². The molecule has 0 atom stereocenters. The van der Waals surface area contributed by atoms with E-state index in [9.17, 15) is 4.79 Å². The molecule has 0 radical (unpaired) electrons. The van der Waals surface area contributed by atoms with E-state index in [1.54, 1.807) is 0 Å². The SMILES string of the molecule is C=CC(=O)OCCCCCn1cc[n+](C)c1. The van der Waals surface area contributed by atoms with Crippen molar-refractivity contribution in [1.82, 2.24) is 4.57 Å². The summed E-state index contributed by atoms with van der Waals surface area (Å²) < 4.78 is 9.05. The molecule has 0 aromatic carbocycles. The zero-order valence-corrected chi connectivity index (χ0v) is 9.76. The Kier molecular flexibility index (Phi) is 5.32. The lowest BCUT2D eigenvalue weighted by atomic mass is 10.2. The first-order chi connectivity index (χ1) is 7.72. The highest BCUT2D eigenvalue weighted by molar-refractivity contribution is 5.81. The van der Waals surface area contributed by atoms with Gasteiger partial charge in [-0.25, -0.2) is 13.9 Å². The lowest BCUT2D eigenvalue weighted by molar-refractivity contribution is -0.671. The summed E-state index contributed by atoms with van der Waals surface area (Å²) in [6.45, 7) is 4.84. The van der Waals surface area contributed by atoms with Crippen molar-refractivity contribution in [2.24, 2.45) is 7.05 Å². The molecule has 0 saturated carbocycles. The van der Waals surface area contributed by atoms with E-state index in [-0.39, 0.29) is 5.97 Å². The zero-order valence-electron chi connectivity index (χ0n) is 9.76. The van der Waals surface area contributed by atoms with Crippen LogP contribution in [0.1, 0.15) is 19.3 Å². The minimum Gasteiger partial charge on any atom is -0.463 e. The second-order valence-electron chi connectivity index (χ2n) is 3.75. The van der Waals surface area contributed by atoms with Gasteiger partial charge >= 0.3 is 5.97 Å². The molecule has 1 heterocycles. The molecule has 88 valence electrons. The molecule has 0 N–H and O–H groups in total. The van der Waals surface area contributed by atoms with Crippen molar-refractivity contribution in [3.05, 3.63) is 31.4 Å². The molecule has 1 rings (SSSR count). The minimum absolute atomic E-state index is 0.336. The number of hydrogen-bond donors (Lipinski definition) is 0. The van der Waals surface area contributed by atoms with Crippen molar-refractivity contribution >= 4 is 5.97 Å². The molecule has 1 aromatic heterocycles. The van der Waals surface area contributed by atoms with Gasteiger partial charge in [0.2, 0.25) is 6.33 Å². The van der Waals surface area contributed by atoms with E-state index < -0.39 is 0 Å². The number of esters is 1. The predicted octanol–water partition coefficient (Wildman–Crippen LogP) is 1.21. The molecule has 0 aliphatic heterocycles. The highest BCUT2D eigenvalue weighted by atomic mass is 16.5. The van der Waals surface area contributed by atoms with Gasteiger partial charge in [-0.2, -0.15) is 0 Å². The van der Waals surface area contributed by atoms with Crippen LogP contribution in [0.5, 0.6) is 0 Å². The van der Waals surface area contributed by atoms with E-state index in [4.69, 9.17) is 4.74 Å². The van der Waals surface area contributed by atoms with Gasteiger partial charge in [-0.3, -0.25) is 0 Å². The number of aryl methyl sites for hydroxylation is 2. The lowest BCUT2D eigenvalue weighted by Gasteiger charge is -2.00. The molecule has 16 heavy (non-hydrogen) atoms. The maximum Gasteiger partial charge on any atom is 0.330 e. The quantitative estimate of drug-likeness (QED) is 0.301. The van der Waals surface area contributed by atoms with Crippen LogP contribution >= 0.6 is 0 Å². The fourth-order valence-electron chi connectivity index (χ4n) is 1.44. The van der Waals surface area contributed by atoms with Crippen LogP contribution < -0.4 is 4.57 Å². The van der Waals surface area contributed by atoms with Crippen molar-refractivity contribution < 1.29 is 14.1 Å². The molecule has 0 bridgehead atoms. The standard InChI is InChI=1S/C12H19N2O2/c1-3-12(15)16-10-6-4-5-7-14-9-8-13(2)11-14/h3,8-9,11H,1,4-7,10H2,2H3/q+1. The Morgan fingerprint density at radius 2 is 2.31 bits per heavy atom. The van der Waals surface area contributed by atoms with E-state index in [1.165, 1.54) is 6.08 Å². The van der Waals surface area contributed by atoms with Gasteiger partial charge in [-0.15, -0.1) is 0 Å². The summed E-state index contributed by atoms with van der Waals surface area (Å²) in [7, 11) is 2.01. The van der Waals surface area contributed by atoms with Crippen molar-refractivity contribution in [1.29, 1.82) is 0 Å². The summed E-state index contributed by atoms with van der Waals surface area (Å²) >= 11 is 0. The maximum absolute atomic E-state index is 10.7. The van der Waals surface area contributed by atoms with Crippen LogP contribution in [0.3, 0.4) is 0 Å². The summed E-state index contributed by atoms with van der Waals surface area (Å²) in [6, 6.07) is 0. The first-order valence-electron chi connectivity index (χ1n) is 5.52. The molecule has 0 aliphatic carbocycles. The van der Waals surface area contributed by atoms with E-state index in [0.29, 0.717) is 6.61 Å². The number of carbonyl (C=O) groups is 1. The Morgan fingerprint density at radius 3 is 2.94 bits per heavy atom. The van der Waals surface area contributed by atoms with Crippen molar-refractivity contribution in [3.8, 4) is 0 Å². The molecule has 4 heteroatoms. The summed E-state index contributed by atoms with van der Waals surface area (Å²) in [5.41, 5.74) is 0. The van der Waals surface area contributed by atoms with Gasteiger partial charge < -0.3 is 4.74 Å². The number of unbranched alkanes of at least 4 members (excludes halogenated alkanes) is 2. The predicted molar refractivity (Wildman–Crippen MR) is 60.6 cm³/mol. The first-order valence-corrected chi connectivity index (χ1v) is 5.52. The minimum atomic E-state index is -0.336. The van der Waals surface area contributed by atoms with Gasteiger partial charge in [0.1, 0.15) is 12.4 Å². The average Bonchev–Trinajstić information content (AvgIpc) is 2.69. The average molecular weight is 223 g/mol. The van der Waals surface area contributed by atoms with Crippen LogP contribution in [0.2, 0.25) is 0 Å². The number of imidazole rings is 1. The van der Waals surface area contributed by atoms with Gasteiger partial charge in [-0.05, 0) is 19.3 Å². The Bertz CT molecular complexity index is 345. The Labute approximate surface area is 96.2 Å². The number of ether oxygens (including phenoxy) is 1. The third kappa shape index (κ3) is 4.77. The molecule has 0 saturated heterocycles. The Morgan fingerprint density at radius 1 is 1.50 bits per heavy atom. The Balaban J connectivity index is 2.00. The van der Waals surface area contributed by atoms with Crippen LogP contribution in [0.25, 0.3) is 0 Å². The molecule has 4 nitrogen and oxygen atoms in total. The Hall–Kier alpha value is -1.58. The van der Waals surface area contributed by atoms with E-state index in [2.05, 4.69) is 23.7 Å². The van der Waals surface area contributed by atoms with Crippen LogP contribution in [0.15, 0.2) is 31.4 Å². The second kappa shape index (κ2) is 6.82. The monoisotopic (exact) mass is 223 g/mol. The first kappa shape index (κ1) is 12.5. The third-order valence-corrected chi connectivity index (χ3v) is 2.30. The number of aromatic nitrogens is 2. The molecule has 0 spiro atoms. The van der Waals surface area contributed by atoms with Gasteiger partial charge in [0.25, 0.3) is 0 Å².